The van der Waals surface area contributed by atoms with Crippen LogP contribution in [0.4, 0.5) is 0 Å². The highest BCUT2D eigenvalue weighted by Crippen LogP contribution is 2.27. The third kappa shape index (κ3) is 2.50. The molecule has 0 heterocycles. The van der Waals surface area contributed by atoms with Gasteiger partial charge in [0.05, 0.1) is 0 Å². The van der Waals surface area contributed by atoms with Crippen molar-refractivity contribution >= 4 is 0 Å². The molecule has 97 valence electrons. The Labute approximate surface area is 120 Å². The summed E-state index contributed by atoms with van der Waals surface area (Å²) in [4.78, 5) is 0. The summed E-state index contributed by atoms with van der Waals surface area (Å²) in [5.41, 5.74) is 7.45. The molecule has 0 spiro atoms. The number of aryl methyl sites for hydroxylation is 2. The summed E-state index contributed by atoms with van der Waals surface area (Å²) in [5, 5.41) is 0. The van der Waals surface area contributed by atoms with Gasteiger partial charge in [-0.25, -0.2) is 0 Å². The van der Waals surface area contributed by atoms with Crippen molar-refractivity contribution in [1.29, 1.82) is 0 Å². The van der Waals surface area contributed by atoms with Crippen molar-refractivity contribution in [2.45, 2.75) is 13.8 Å². The van der Waals surface area contributed by atoms with E-state index in [9.17, 15) is 0 Å². The Hall–Kier alpha value is -2.34. The minimum absolute atomic E-state index is 1.19. The maximum atomic E-state index is 3.38. The van der Waals surface area contributed by atoms with E-state index in [-0.39, 0.29) is 0 Å². The average Bonchev–Trinajstić information content (AvgIpc) is 2.48. The monoisotopic (exact) mass is 257 g/mol. The topological polar surface area (TPSA) is 0 Å². The van der Waals surface area contributed by atoms with E-state index in [1.165, 1.54) is 33.4 Å². The third-order valence-electron chi connectivity index (χ3n) is 3.56. The van der Waals surface area contributed by atoms with E-state index >= 15 is 0 Å². The summed E-state index contributed by atoms with van der Waals surface area (Å²) in [6.07, 6.45) is 0. The molecule has 1 radical (unpaired) electrons. The molecule has 3 rings (SSSR count). The van der Waals surface area contributed by atoms with Crippen molar-refractivity contribution in [3.8, 4) is 22.3 Å². The third-order valence-corrected chi connectivity index (χ3v) is 3.56. The van der Waals surface area contributed by atoms with Gasteiger partial charge in [-0.05, 0) is 47.7 Å². The van der Waals surface area contributed by atoms with Crippen LogP contribution in [0.2, 0.25) is 0 Å². The van der Waals surface area contributed by atoms with Crippen LogP contribution in [-0.4, -0.2) is 0 Å². The maximum absolute atomic E-state index is 3.38. The fraction of sp³-hybridized carbons (Fsp3) is 0.100. The van der Waals surface area contributed by atoms with E-state index in [0.717, 1.165) is 0 Å². The van der Waals surface area contributed by atoms with Gasteiger partial charge in [-0.15, -0.1) is 0 Å². The molecule has 0 fully saturated rings. The summed E-state index contributed by atoms with van der Waals surface area (Å²) >= 11 is 0. The molecule has 0 aliphatic rings. The molecule has 0 heteroatoms. The van der Waals surface area contributed by atoms with Gasteiger partial charge >= 0.3 is 0 Å². The standard InChI is InChI=1S/C20H17/c1-15-8-13-20(16(2)14-15)19-11-9-18(10-12-19)17-6-4-3-5-7-17/h3-12,14H,1-2H3. The van der Waals surface area contributed by atoms with E-state index in [4.69, 9.17) is 0 Å². The fourth-order valence-corrected chi connectivity index (χ4v) is 2.53. The molecule has 0 nitrogen and oxygen atoms in total. The second-order valence-corrected chi connectivity index (χ2v) is 5.18. The van der Waals surface area contributed by atoms with Crippen LogP contribution in [0.5, 0.6) is 0 Å². The fourth-order valence-electron chi connectivity index (χ4n) is 2.53. The van der Waals surface area contributed by atoms with Gasteiger partial charge in [-0.1, -0.05) is 72.3 Å². The van der Waals surface area contributed by atoms with E-state index in [1.54, 1.807) is 0 Å². The Bertz CT molecular complexity index is 707. The molecule has 0 aliphatic heterocycles. The first kappa shape index (κ1) is 12.7. The van der Waals surface area contributed by atoms with Crippen molar-refractivity contribution in [3.63, 3.8) is 0 Å². The van der Waals surface area contributed by atoms with Gasteiger partial charge in [0.2, 0.25) is 0 Å². The van der Waals surface area contributed by atoms with Crippen LogP contribution in [0.15, 0.2) is 66.7 Å². The lowest BCUT2D eigenvalue weighted by atomic mass is 9.96. The molecule has 3 aromatic rings. The van der Waals surface area contributed by atoms with E-state index in [2.05, 4.69) is 74.5 Å². The number of hydrogen-bond donors (Lipinski definition) is 0. The van der Waals surface area contributed by atoms with Crippen molar-refractivity contribution in [2.75, 3.05) is 0 Å². The van der Waals surface area contributed by atoms with Crippen LogP contribution in [0.1, 0.15) is 11.1 Å². The normalized spacial score (nSPS) is 10.5. The molecule has 0 bridgehead atoms. The number of benzene rings is 3. The Morgan fingerprint density at radius 3 is 1.95 bits per heavy atom. The smallest absolute Gasteiger partial charge is 0.00757 e. The van der Waals surface area contributed by atoms with Crippen molar-refractivity contribution < 1.29 is 0 Å². The van der Waals surface area contributed by atoms with E-state index < -0.39 is 0 Å². The van der Waals surface area contributed by atoms with Gasteiger partial charge in [0.15, 0.2) is 0 Å². The highest BCUT2D eigenvalue weighted by atomic mass is 14.1. The minimum Gasteiger partial charge on any atom is -0.0622 e. The zero-order valence-electron chi connectivity index (χ0n) is 11.9. The molecule has 20 heavy (non-hydrogen) atoms. The van der Waals surface area contributed by atoms with Gasteiger partial charge in [-0.2, -0.15) is 0 Å². The second-order valence-electron chi connectivity index (χ2n) is 5.18. The molecule has 0 amide bonds. The molecule has 0 aliphatic carbocycles. The van der Waals surface area contributed by atoms with Crippen LogP contribution in [-0.2, 0) is 0 Å². The molecular weight excluding hydrogens is 240 g/mol. The lowest BCUT2D eigenvalue weighted by Crippen LogP contribution is -1.85. The second kappa shape index (κ2) is 5.34. The van der Waals surface area contributed by atoms with Crippen LogP contribution in [0.3, 0.4) is 0 Å². The lowest BCUT2D eigenvalue weighted by molar-refractivity contribution is 1.38. The predicted molar refractivity (Wildman–Crippen MR) is 85.6 cm³/mol. The Kier molecular flexibility index (Phi) is 3.39. The molecule has 0 saturated carbocycles. The summed E-state index contributed by atoms with van der Waals surface area (Å²) in [6, 6.07) is 26.8. The highest BCUT2D eigenvalue weighted by Gasteiger charge is 2.03. The summed E-state index contributed by atoms with van der Waals surface area (Å²) in [7, 11) is 0. The summed E-state index contributed by atoms with van der Waals surface area (Å²) < 4.78 is 0. The zero-order chi connectivity index (χ0) is 13.9. The molecule has 3 aromatic carbocycles. The lowest BCUT2D eigenvalue weighted by Gasteiger charge is -2.08. The molecule has 0 aromatic heterocycles. The van der Waals surface area contributed by atoms with Gasteiger partial charge in [-0.3, -0.25) is 0 Å². The Morgan fingerprint density at radius 2 is 1.30 bits per heavy atom. The van der Waals surface area contributed by atoms with Crippen molar-refractivity contribution in [1.82, 2.24) is 0 Å². The van der Waals surface area contributed by atoms with Gasteiger partial charge < -0.3 is 0 Å². The first-order valence-corrected chi connectivity index (χ1v) is 6.89. The van der Waals surface area contributed by atoms with Crippen LogP contribution < -0.4 is 0 Å². The van der Waals surface area contributed by atoms with Crippen molar-refractivity contribution in [2.24, 2.45) is 0 Å². The maximum Gasteiger partial charge on any atom is -0.00757 e. The van der Waals surface area contributed by atoms with Crippen molar-refractivity contribution in [3.05, 3.63) is 83.9 Å². The zero-order valence-corrected chi connectivity index (χ0v) is 11.9. The van der Waals surface area contributed by atoms with Gasteiger partial charge in [0.1, 0.15) is 0 Å². The predicted octanol–water partition coefficient (Wildman–Crippen LogP) is 5.44. The minimum atomic E-state index is 1.19. The van der Waals surface area contributed by atoms with Crippen LogP contribution in [0, 0.1) is 19.9 Å². The number of rotatable bonds is 2. The van der Waals surface area contributed by atoms with E-state index in [0.29, 0.717) is 0 Å². The first-order valence-electron chi connectivity index (χ1n) is 6.89. The van der Waals surface area contributed by atoms with Crippen LogP contribution in [0.25, 0.3) is 22.3 Å². The Morgan fingerprint density at radius 1 is 0.700 bits per heavy atom. The van der Waals surface area contributed by atoms with E-state index in [1.807, 2.05) is 12.1 Å². The molecule has 0 unspecified atom stereocenters. The molecule has 0 saturated heterocycles. The average molecular weight is 257 g/mol. The molecular formula is C20H17. The number of hydrogen-bond acceptors (Lipinski definition) is 0. The van der Waals surface area contributed by atoms with Gasteiger partial charge in [0.25, 0.3) is 0 Å². The first-order chi connectivity index (χ1) is 9.74. The highest BCUT2D eigenvalue weighted by molar-refractivity contribution is 5.72. The van der Waals surface area contributed by atoms with Gasteiger partial charge in [0, 0.05) is 0 Å². The van der Waals surface area contributed by atoms with Crippen LogP contribution >= 0.6 is 0 Å². The Balaban J connectivity index is 1.97. The summed E-state index contributed by atoms with van der Waals surface area (Å²) in [6.45, 7) is 4.25. The largest absolute Gasteiger partial charge is 0.0622 e. The quantitative estimate of drug-likeness (QED) is 0.573. The SMILES string of the molecule is Cc1c[c]c(-c2ccc(-c3ccccc3)cc2)c(C)c1. The molecule has 0 N–H and O–H groups in total. The summed E-state index contributed by atoms with van der Waals surface area (Å²) in [5.74, 6) is 0. The molecule has 0 atom stereocenters.